The van der Waals surface area contributed by atoms with Crippen LogP contribution in [-0.4, -0.2) is 27.4 Å². The van der Waals surface area contributed by atoms with Gasteiger partial charge in [0.15, 0.2) is 0 Å². The lowest BCUT2D eigenvalue weighted by Gasteiger charge is -2.19. The highest BCUT2D eigenvalue weighted by Crippen LogP contribution is 2.30. The summed E-state index contributed by atoms with van der Waals surface area (Å²) in [4.78, 5) is 23.0. The van der Waals surface area contributed by atoms with Gasteiger partial charge in [0.25, 0.3) is 10.0 Å². The molecule has 2 amide bonds. The predicted octanol–water partition coefficient (Wildman–Crippen LogP) is 4.14. The van der Waals surface area contributed by atoms with Crippen molar-refractivity contribution in [3.63, 3.8) is 0 Å². The van der Waals surface area contributed by atoms with Gasteiger partial charge in [0.05, 0.1) is 10.3 Å². The number of carbonyl (C=O) groups excluding carboxylic acids is 2. The summed E-state index contributed by atoms with van der Waals surface area (Å²) in [6, 6.07) is 15.8. The van der Waals surface area contributed by atoms with E-state index in [9.17, 15) is 22.4 Å². The molecule has 3 aromatic carbocycles. The minimum atomic E-state index is -3.94. The molecule has 0 spiro atoms. The van der Waals surface area contributed by atoms with Gasteiger partial charge in [-0.15, -0.1) is 0 Å². The van der Waals surface area contributed by atoms with Crippen LogP contribution in [0.1, 0.15) is 13.8 Å². The van der Waals surface area contributed by atoms with Crippen LogP contribution in [0.2, 0.25) is 0 Å². The van der Waals surface area contributed by atoms with Crippen LogP contribution in [0.15, 0.2) is 65.6 Å². The molecule has 31 heavy (non-hydrogen) atoms. The smallest absolute Gasteiger partial charge is 0.262 e. The fraction of sp³-hybridized carbons (Fsp3) is 0.182. The molecule has 0 fully saturated rings. The summed E-state index contributed by atoms with van der Waals surface area (Å²) in [5.41, 5.74) is 0.0543. The second kappa shape index (κ2) is 8.73. The SMILES string of the molecule is CC(C)(CF)C(=O)Nc1ccc(NS(=O)(=O)c2cccc3c(NC=O)cccc23)cc1. The maximum absolute atomic E-state index is 13.0. The molecule has 0 aromatic heterocycles. The first kappa shape index (κ1) is 22.2. The number of amides is 2. The second-order valence-electron chi connectivity index (χ2n) is 7.57. The van der Waals surface area contributed by atoms with Gasteiger partial charge < -0.3 is 10.6 Å². The van der Waals surface area contributed by atoms with E-state index in [1.165, 1.54) is 44.2 Å². The molecule has 0 atom stereocenters. The van der Waals surface area contributed by atoms with Crippen LogP contribution < -0.4 is 15.4 Å². The van der Waals surface area contributed by atoms with Crippen molar-refractivity contribution < 1.29 is 22.4 Å². The Morgan fingerprint density at radius 1 is 0.968 bits per heavy atom. The molecule has 0 aliphatic heterocycles. The number of halogens is 1. The Morgan fingerprint density at radius 3 is 2.23 bits per heavy atom. The number of rotatable bonds is 8. The summed E-state index contributed by atoms with van der Waals surface area (Å²) >= 11 is 0. The molecule has 3 N–H and O–H groups in total. The van der Waals surface area contributed by atoms with Crippen LogP contribution in [0.5, 0.6) is 0 Å². The number of hydrogen-bond donors (Lipinski definition) is 3. The molecule has 0 saturated heterocycles. The fourth-order valence-electron chi connectivity index (χ4n) is 2.90. The van der Waals surface area contributed by atoms with Crippen molar-refractivity contribution in [1.29, 1.82) is 0 Å². The number of sulfonamides is 1. The van der Waals surface area contributed by atoms with E-state index in [1.807, 2.05) is 0 Å². The van der Waals surface area contributed by atoms with Crippen LogP contribution in [-0.2, 0) is 19.6 Å². The van der Waals surface area contributed by atoms with Gasteiger partial charge in [0.2, 0.25) is 12.3 Å². The normalized spacial score (nSPS) is 11.7. The number of carbonyl (C=O) groups is 2. The van der Waals surface area contributed by atoms with Crippen LogP contribution in [0.3, 0.4) is 0 Å². The summed E-state index contributed by atoms with van der Waals surface area (Å²) in [5, 5.41) is 6.21. The standard InChI is InChI=1S/C22H22FN3O4S/c1-22(2,13-23)21(28)25-15-9-11-16(12-10-15)26-31(29,30)20-8-4-5-17-18(20)6-3-7-19(17)24-14-27/h3-12,14,26H,13H2,1-2H3,(H,24,27)(H,25,28). The first-order chi connectivity index (χ1) is 14.7. The van der Waals surface area contributed by atoms with E-state index in [1.54, 1.807) is 30.3 Å². The molecule has 3 aromatic rings. The van der Waals surface area contributed by atoms with Crippen molar-refractivity contribution in [2.75, 3.05) is 22.0 Å². The third-order valence-electron chi connectivity index (χ3n) is 4.73. The van der Waals surface area contributed by atoms with Gasteiger partial charge >= 0.3 is 0 Å². The molecule has 9 heteroatoms. The topological polar surface area (TPSA) is 104 Å². The van der Waals surface area contributed by atoms with E-state index < -0.39 is 28.0 Å². The second-order valence-corrected chi connectivity index (χ2v) is 9.22. The van der Waals surface area contributed by atoms with Crippen molar-refractivity contribution in [3.8, 4) is 0 Å². The number of benzene rings is 3. The Balaban J connectivity index is 1.85. The minimum absolute atomic E-state index is 0.0571. The Kier molecular flexibility index (Phi) is 6.26. The summed E-state index contributed by atoms with van der Waals surface area (Å²) in [7, 11) is -3.94. The number of fused-ring (bicyclic) bond motifs is 1. The van der Waals surface area contributed by atoms with E-state index in [4.69, 9.17) is 0 Å². The Bertz CT molecular complexity index is 1230. The zero-order valence-corrected chi connectivity index (χ0v) is 17.8. The summed E-state index contributed by atoms with van der Waals surface area (Å²) in [5.74, 6) is -0.473. The molecule has 0 bridgehead atoms. The zero-order valence-electron chi connectivity index (χ0n) is 17.0. The van der Waals surface area contributed by atoms with Gasteiger partial charge in [0, 0.05) is 27.8 Å². The number of alkyl halides is 1. The molecule has 7 nitrogen and oxygen atoms in total. The zero-order chi connectivity index (χ0) is 22.6. The lowest BCUT2D eigenvalue weighted by atomic mass is 9.94. The molecule has 162 valence electrons. The first-order valence-corrected chi connectivity index (χ1v) is 10.9. The van der Waals surface area contributed by atoms with Gasteiger partial charge in [0.1, 0.15) is 6.67 Å². The Morgan fingerprint density at radius 2 is 1.58 bits per heavy atom. The minimum Gasteiger partial charge on any atom is -0.328 e. The molecular formula is C22H22FN3O4S. The van der Waals surface area contributed by atoms with Gasteiger partial charge in [-0.3, -0.25) is 14.3 Å². The molecule has 0 saturated carbocycles. The molecule has 0 aliphatic carbocycles. The quantitative estimate of drug-likeness (QED) is 0.455. The lowest BCUT2D eigenvalue weighted by molar-refractivity contribution is -0.124. The average molecular weight is 444 g/mol. The maximum Gasteiger partial charge on any atom is 0.262 e. The molecule has 0 radical (unpaired) electrons. The van der Waals surface area contributed by atoms with Crippen molar-refractivity contribution >= 4 is 50.2 Å². The molecule has 3 rings (SSSR count). The highest BCUT2D eigenvalue weighted by molar-refractivity contribution is 7.93. The summed E-state index contributed by atoms with van der Waals surface area (Å²) < 4.78 is 41.5. The van der Waals surface area contributed by atoms with Gasteiger partial charge in [-0.2, -0.15) is 0 Å². The van der Waals surface area contributed by atoms with E-state index in [-0.39, 0.29) is 4.90 Å². The van der Waals surface area contributed by atoms with Gasteiger partial charge in [-0.25, -0.2) is 12.8 Å². The number of hydrogen-bond acceptors (Lipinski definition) is 4. The average Bonchev–Trinajstić information content (AvgIpc) is 2.75. The summed E-state index contributed by atoms with van der Waals surface area (Å²) in [6.07, 6.45) is 0.531. The largest absolute Gasteiger partial charge is 0.328 e. The van der Waals surface area contributed by atoms with Crippen molar-refractivity contribution in [2.24, 2.45) is 5.41 Å². The van der Waals surface area contributed by atoms with Crippen molar-refractivity contribution in [2.45, 2.75) is 18.7 Å². The highest BCUT2D eigenvalue weighted by Gasteiger charge is 2.27. The van der Waals surface area contributed by atoms with E-state index in [0.717, 1.165) is 0 Å². The molecular weight excluding hydrogens is 421 g/mol. The summed E-state index contributed by atoms with van der Waals surface area (Å²) in [6.45, 7) is 2.18. The third-order valence-corrected chi connectivity index (χ3v) is 6.17. The van der Waals surface area contributed by atoms with Crippen molar-refractivity contribution in [3.05, 3.63) is 60.7 Å². The molecule has 0 unspecified atom stereocenters. The van der Waals surface area contributed by atoms with Crippen molar-refractivity contribution in [1.82, 2.24) is 0 Å². The monoisotopic (exact) mass is 443 g/mol. The molecule has 0 aliphatic rings. The van der Waals surface area contributed by atoms with Crippen LogP contribution in [0.25, 0.3) is 10.8 Å². The Labute approximate surface area is 179 Å². The van der Waals surface area contributed by atoms with E-state index >= 15 is 0 Å². The lowest BCUT2D eigenvalue weighted by Crippen LogP contribution is -2.32. The fourth-order valence-corrected chi connectivity index (χ4v) is 4.18. The third kappa shape index (κ3) is 4.83. The molecule has 0 heterocycles. The highest BCUT2D eigenvalue weighted by atomic mass is 32.2. The number of anilines is 3. The van der Waals surface area contributed by atoms with Crippen LogP contribution in [0, 0.1) is 5.41 Å². The number of nitrogens with one attached hydrogen (secondary N) is 3. The van der Waals surface area contributed by atoms with Crippen LogP contribution >= 0.6 is 0 Å². The van der Waals surface area contributed by atoms with E-state index in [2.05, 4.69) is 15.4 Å². The Hall–Kier alpha value is -3.46. The predicted molar refractivity (Wildman–Crippen MR) is 119 cm³/mol. The van der Waals surface area contributed by atoms with Crippen LogP contribution in [0.4, 0.5) is 21.5 Å². The first-order valence-electron chi connectivity index (χ1n) is 9.40. The van der Waals surface area contributed by atoms with Gasteiger partial charge in [-0.1, -0.05) is 24.3 Å². The van der Waals surface area contributed by atoms with E-state index in [0.29, 0.717) is 34.2 Å². The van der Waals surface area contributed by atoms with Gasteiger partial charge in [-0.05, 0) is 50.2 Å². The maximum atomic E-state index is 13.0.